The Kier molecular flexibility index (Phi) is 4.49. The highest BCUT2D eigenvalue weighted by Crippen LogP contribution is 2.39. The van der Waals surface area contributed by atoms with Crippen LogP contribution in [0.2, 0.25) is 0 Å². The molecule has 1 aromatic heterocycles. The van der Waals surface area contributed by atoms with Gasteiger partial charge in [-0.3, -0.25) is 14.5 Å². The molecule has 1 aliphatic carbocycles. The van der Waals surface area contributed by atoms with Gasteiger partial charge in [0.05, 0.1) is 25.9 Å². The fourth-order valence-corrected chi connectivity index (χ4v) is 4.58. The van der Waals surface area contributed by atoms with E-state index in [9.17, 15) is 9.59 Å². The summed E-state index contributed by atoms with van der Waals surface area (Å²) < 4.78 is 11.3. The second kappa shape index (κ2) is 7.15. The van der Waals surface area contributed by atoms with Crippen molar-refractivity contribution in [1.82, 2.24) is 4.90 Å². The third-order valence-corrected chi connectivity index (χ3v) is 6.06. The minimum Gasteiger partial charge on any atom is -0.464 e. The number of hydrogen-bond donors (Lipinski definition) is 0. The summed E-state index contributed by atoms with van der Waals surface area (Å²) in [6, 6.07) is 10.5. The zero-order chi connectivity index (χ0) is 19.1. The van der Waals surface area contributed by atoms with Crippen LogP contribution in [-0.4, -0.2) is 42.8 Å². The minimum atomic E-state index is -0.243. The predicted molar refractivity (Wildman–Crippen MR) is 106 cm³/mol. The summed E-state index contributed by atoms with van der Waals surface area (Å²) in [5.74, 6) is -0.181. The van der Waals surface area contributed by atoms with Crippen molar-refractivity contribution in [1.29, 1.82) is 0 Å². The summed E-state index contributed by atoms with van der Waals surface area (Å²) in [6.45, 7) is 4.34. The van der Waals surface area contributed by atoms with Crippen molar-refractivity contribution >= 4 is 33.3 Å². The summed E-state index contributed by atoms with van der Waals surface area (Å²) in [7, 11) is 0. The van der Waals surface area contributed by atoms with Crippen LogP contribution in [0.25, 0.3) is 21.7 Å². The molecular formula is C23H23NO4. The minimum absolute atomic E-state index is 0.0143. The largest absolute Gasteiger partial charge is 0.464 e. The van der Waals surface area contributed by atoms with Crippen molar-refractivity contribution in [2.24, 2.45) is 0 Å². The highest BCUT2D eigenvalue weighted by molar-refractivity contribution is 6.12. The average Bonchev–Trinajstić information content (AvgIpc) is 3.13. The molecule has 1 saturated carbocycles. The van der Waals surface area contributed by atoms with E-state index in [1.165, 1.54) is 10.9 Å². The van der Waals surface area contributed by atoms with E-state index >= 15 is 0 Å². The fourth-order valence-electron chi connectivity index (χ4n) is 4.58. The molecule has 0 N–H and O–H groups in total. The van der Waals surface area contributed by atoms with E-state index in [1.54, 1.807) is 6.26 Å². The van der Waals surface area contributed by atoms with Gasteiger partial charge in [0, 0.05) is 42.9 Å². The number of furan rings is 1. The monoisotopic (exact) mass is 377 g/mol. The van der Waals surface area contributed by atoms with E-state index in [0.29, 0.717) is 12.8 Å². The number of ketones is 2. The Morgan fingerprint density at radius 2 is 1.89 bits per heavy atom. The zero-order valence-electron chi connectivity index (χ0n) is 15.8. The molecule has 5 heteroatoms. The number of morpholine rings is 1. The van der Waals surface area contributed by atoms with Gasteiger partial charge in [-0.25, -0.2) is 0 Å². The summed E-state index contributed by atoms with van der Waals surface area (Å²) in [4.78, 5) is 26.6. The van der Waals surface area contributed by atoms with Gasteiger partial charge in [-0.2, -0.15) is 0 Å². The Hall–Kier alpha value is -2.50. The second-order valence-electron chi connectivity index (χ2n) is 7.80. The van der Waals surface area contributed by atoms with Gasteiger partial charge in [-0.1, -0.05) is 24.3 Å². The summed E-state index contributed by atoms with van der Waals surface area (Å²) in [5, 5.41) is 3.34. The lowest BCUT2D eigenvalue weighted by Gasteiger charge is -2.27. The van der Waals surface area contributed by atoms with Crippen LogP contribution in [0.4, 0.5) is 0 Å². The van der Waals surface area contributed by atoms with E-state index in [4.69, 9.17) is 9.15 Å². The molecule has 5 rings (SSSR count). The van der Waals surface area contributed by atoms with Crippen LogP contribution in [0, 0.1) is 0 Å². The Labute approximate surface area is 163 Å². The molecule has 1 atom stereocenters. The Bertz CT molecular complexity index is 1060. The van der Waals surface area contributed by atoms with E-state index in [0.717, 1.165) is 54.8 Å². The first kappa shape index (κ1) is 17.6. The van der Waals surface area contributed by atoms with Gasteiger partial charge in [0.1, 0.15) is 17.1 Å². The molecule has 28 heavy (non-hydrogen) atoms. The van der Waals surface area contributed by atoms with Crippen molar-refractivity contribution in [2.45, 2.75) is 31.7 Å². The summed E-state index contributed by atoms with van der Waals surface area (Å²) >= 11 is 0. The number of nitrogens with zero attached hydrogens (tertiary/aromatic N) is 1. The predicted octanol–water partition coefficient (Wildman–Crippen LogP) is 3.82. The molecule has 1 aliphatic heterocycles. The van der Waals surface area contributed by atoms with Gasteiger partial charge in [-0.05, 0) is 28.8 Å². The number of rotatable bonds is 3. The third-order valence-electron chi connectivity index (χ3n) is 6.06. The van der Waals surface area contributed by atoms with Crippen molar-refractivity contribution < 1.29 is 18.7 Å². The van der Waals surface area contributed by atoms with Crippen molar-refractivity contribution in [3.63, 3.8) is 0 Å². The molecule has 2 aliphatic rings. The first-order valence-electron chi connectivity index (χ1n) is 9.97. The van der Waals surface area contributed by atoms with Crippen LogP contribution >= 0.6 is 0 Å². The van der Waals surface area contributed by atoms with E-state index in [2.05, 4.69) is 29.2 Å². The molecule has 5 nitrogen and oxygen atoms in total. The number of carbonyl (C=O) groups excluding carboxylic acids is 2. The topological polar surface area (TPSA) is 59.8 Å². The molecular weight excluding hydrogens is 354 g/mol. The molecule has 2 aromatic carbocycles. The molecule has 2 fully saturated rings. The first-order valence-corrected chi connectivity index (χ1v) is 9.97. The molecule has 3 aromatic rings. The zero-order valence-corrected chi connectivity index (χ0v) is 15.8. The number of fused-ring (bicyclic) bond motifs is 3. The molecule has 0 radical (unpaired) electrons. The van der Waals surface area contributed by atoms with Crippen molar-refractivity contribution in [2.75, 3.05) is 26.3 Å². The number of benzene rings is 2. The van der Waals surface area contributed by atoms with Crippen LogP contribution in [0.5, 0.6) is 0 Å². The average molecular weight is 377 g/mol. The Balaban J connectivity index is 1.59. The standard InChI is InChI=1S/C23H23NO4/c25-16-4-5-18(21(26)12-16)20-14-28-22-7-6-17-15(2-1-3-19(17)23(20)22)13-24-8-10-27-11-9-24/h1-3,6-7,14,18H,4-5,8-13H2/t18-/m1/s1. The van der Waals surface area contributed by atoms with E-state index in [1.807, 2.05) is 6.07 Å². The van der Waals surface area contributed by atoms with Crippen LogP contribution < -0.4 is 0 Å². The summed E-state index contributed by atoms with van der Waals surface area (Å²) in [5.41, 5.74) is 3.01. The van der Waals surface area contributed by atoms with Crippen LogP contribution in [0.1, 0.15) is 36.3 Å². The molecule has 0 amide bonds. The molecule has 0 unspecified atom stereocenters. The molecule has 2 heterocycles. The Morgan fingerprint density at radius 3 is 2.71 bits per heavy atom. The van der Waals surface area contributed by atoms with E-state index in [-0.39, 0.29) is 23.9 Å². The third kappa shape index (κ3) is 3.05. The smallest absolute Gasteiger partial charge is 0.147 e. The molecule has 0 bridgehead atoms. The normalized spacial score (nSPS) is 21.6. The number of ether oxygens (including phenoxy) is 1. The number of hydrogen-bond acceptors (Lipinski definition) is 5. The fraction of sp³-hybridized carbons (Fsp3) is 0.391. The van der Waals surface area contributed by atoms with Gasteiger partial charge < -0.3 is 9.15 Å². The molecule has 144 valence electrons. The van der Waals surface area contributed by atoms with Crippen LogP contribution in [-0.2, 0) is 20.9 Å². The maximum atomic E-state index is 12.5. The SMILES string of the molecule is O=C1CC[C@H](c2coc3ccc4c(CN5CCOCC5)cccc4c23)C(=O)C1. The molecule has 1 saturated heterocycles. The lowest BCUT2D eigenvalue weighted by Crippen LogP contribution is -2.35. The lowest BCUT2D eigenvalue weighted by atomic mass is 9.81. The number of carbonyl (C=O) groups is 2. The van der Waals surface area contributed by atoms with Gasteiger partial charge in [0.15, 0.2) is 0 Å². The van der Waals surface area contributed by atoms with Crippen molar-refractivity contribution in [3.8, 4) is 0 Å². The van der Waals surface area contributed by atoms with Crippen molar-refractivity contribution in [3.05, 3.63) is 47.7 Å². The van der Waals surface area contributed by atoms with E-state index < -0.39 is 0 Å². The summed E-state index contributed by atoms with van der Waals surface area (Å²) in [6.07, 6.45) is 2.81. The van der Waals surface area contributed by atoms with Gasteiger partial charge in [-0.15, -0.1) is 0 Å². The Morgan fingerprint density at radius 1 is 1.04 bits per heavy atom. The lowest BCUT2D eigenvalue weighted by molar-refractivity contribution is -0.130. The highest BCUT2D eigenvalue weighted by Gasteiger charge is 2.31. The maximum Gasteiger partial charge on any atom is 0.147 e. The maximum absolute atomic E-state index is 12.5. The van der Waals surface area contributed by atoms with Crippen LogP contribution in [0.3, 0.4) is 0 Å². The molecule has 0 spiro atoms. The van der Waals surface area contributed by atoms with Crippen LogP contribution in [0.15, 0.2) is 41.0 Å². The first-order chi connectivity index (χ1) is 13.7. The van der Waals surface area contributed by atoms with Gasteiger partial charge >= 0.3 is 0 Å². The van der Waals surface area contributed by atoms with Gasteiger partial charge in [0.25, 0.3) is 0 Å². The quantitative estimate of drug-likeness (QED) is 0.650. The highest BCUT2D eigenvalue weighted by atomic mass is 16.5. The van der Waals surface area contributed by atoms with Gasteiger partial charge in [0.2, 0.25) is 0 Å². The second-order valence-corrected chi connectivity index (χ2v) is 7.80. The number of Topliss-reactive ketones (excluding diaryl/α,β-unsaturated/α-hetero) is 2.